The zero-order valence-corrected chi connectivity index (χ0v) is 27.7. The highest BCUT2D eigenvalue weighted by Gasteiger charge is 2.37. The maximum atomic E-state index is 14.3. The monoisotopic (exact) mass is 731 g/mol. The Labute approximate surface area is 272 Å². The van der Waals surface area contributed by atoms with E-state index in [2.05, 4.69) is 27.6 Å². The van der Waals surface area contributed by atoms with E-state index in [0.717, 1.165) is 23.8 Å². The van der Waals surface area contributed by atoms with Gasteiger partial charge in [-0.15, -0.1) is 0 Å². The number of anilines is 2. The normalized spacial score (nSPS) is 13.3. The summed E-state index contributed by atoms with van der Waals surface area (Å²) in [5, 5.41) is 20.2. The van der Waals surface area contributed by atoms with Crippen molar-refractivity contribution in [3.63, 3.8) is 0 Å². The molecule has 45 heavy (non-hydrogen) atoms. The SMILES string of the molecule is CC(C)(C)c1nc(N(C(=O)O)C(=O)O)c2c(-c3ccc4c(c3)CCN4C(=O)Cc3cc(F)ccc3F)c(C(C)(C)C)oc2c1I. The molecule has 0 bridgehead atoms. The van der Waals surface area contributed by atoms with E-state index in [9.17, 15) is 33.4 Å². The first-order valence-electron chi connectivity index (χ1n) is 14.2. The van der Waals surface area contributed by atoms with Gasteiger partial charge in [-0.1, -0.05) is 47.6 Å². The standard InChI is InChI=1S/C33H32F2IN3O6/c1-32(2,3)27-25(36)26-24(29(37-27)39(30(41)42)31(43)44)23(28(45-26)33(4,5)6)17-7-10-21-16(13-17)11-12-38(21)22(40)15-18-14-19(34)8-9-20(18)35/h7-10,13-14H,11-12,15H2,1-6H3,(H,41,42)(H,43,44). The first kappa shape index (κ1) is 32.3. The number of nitrogens with zero attached hydrogens (tertiary/aromatic N) is 3. The molecule has 0 atom stereocenters. The fourth-order valence-electron chi connectivity index (χ4n) is 5.60. The largest absolute Gasteiger partial charge is 0.464 e. The summed E-state index contributed by atoms with van der Waals surface area (Å²) in [7, 11) is 0. The van der Waals surface area contributed by atoms with Crippen LogP contribution in [-0.2, 0) is 28.5 Å². The zero-order valence-electron chi connectivity index (χ0n) is 25.6. The zero-order chi connectivity index (χ0) is 33.2. The quantitative estimate of drug-likeness (QED) is 0.203. The number of benzene rings is 2. The van der Waals surface area contributed by atoms with Crippen LogP contribution in [0.1, 0.15) is 64.1 Å². The van der Waals surface area contributed by atoms with Gasteiger partial charge in [-0.3, -0.25) is 4.79 Å². The smallest absolute Gasteiger partial charge is 0.422 e. The molecule has 9 nitrogen and oxygen atoms in total. The second kappa shape index (κ2) is 11.4. The van der Waals surface area contributed by atoms with E-state index in [1.807, 2.05) is 47.6 Å². The maximum Gasteiger partial charge on any atom is 0.422 e. The molecule has 1 aliphatic heterocycles. The molecule has 5 rings (SSSR count). The van der Waals surface area contributed by atoms with Gasteiger partial charge in [0.05, 0.1) is 21.1 Å². The van der Waals surface area contributed by atoms with Crippen LogP contribution in [0.5, 0.6) is 0 Å². The fraction of sp³-hybridized carbons (Fsp3) is 0.333. The van der Waals surface area contributed by atoms with E-state index in [4.69, 9.17) is 4.42 Å². The Kier molecular flexibility index (Phi) is 8.17. The minimum absolute atomic E-state index is 0.0320. The van der Waals surface area contributed by atoms with Crippen LogP contribution in [0.25, 0.3) is 22.1 Å². The molecule has 4 aromatic rings. The topological polar surface area (TPSA) is 124 Å². The van der Waals surface area contributed by atoms with Crippen LogP contribution in [0.4, 0.5) is 29.9 Å². The van der Waals surface area contributed by atoms with Gasteiger partial charge in [0.25, 0.3) is 0 Å². The molecule has 2 aromatic heterocycles. The lowest BCUT2D eigenvalue weighted by atomic mass is 9.86. The van der Waals surface area contributed by atoms with Crippen molar-refractivity contribution in [1.29, 1.82) is 0 Å². The second-order valence-corrected chi connectivity index (χ2v) is 14.1. The van der Waals surface area contributed by atoms with Crippen molar-refractivity contribution in [2.24, 2.45) is 0 Å². The Hall–Kier alpha value is -4.07. The Bertz CT molecular complexity index is 1880. The highest BCUT2D eigenvalue weighted by atomic mass is 127. The molecule has 0 fully saturated rings. The molecule has 0 aliphatic carbocycles. The summed E-state index contributed by atoms with van der Waals surface area (Å²) in [6.07, 6.45) is -3.25. The molecule has 0 unspecified atom stereocenters. The molecule has 0 radical (unpaired) electrons. The predicted molar refractivity (Wildman–Crippen MR) is 174 cm³/mol. The summed E-state index contributed by atoms with van der Waals surface area (Å²) in [6.45, 7) is 11.8. The van der Waals surface area contributed by atoms with E-state index in [1.165, 1.54) is 4.90 Å². The number of furan rings is 1. The Morgan fingerprint density at radius 2 is 1.67 bits per heavy atom. The number of fused-ring (bicyclic) bond motifs is 2. The van der Waals surface area contributed by atoms with Crippen molar-refractivity contribution < 1.29 is 37.8 Å². The Morgan fingerprint density at radius 1 is 1.00 bits per heavy atom. The van der Waals surface area contributed by atoms with Crippen LogP contribution in [0.2, 0.25) is 0 Å². The van der Waals surface area contributed by atoms with Crippen LogP contribution in [-0.4, -0.2) is 39.8 Å². The van der Waals surface area contributed by atoms with Crippen LogP contribution in [0, 0.1) is 15.2 Å². The van der Waals surface area contributed by atoms with E-state index in [1.54, 1.807) is 12.1 Å². The number of amides is 3. The van der Waals surface area contributed by atoms with Gasteiger partial charge in [-0.25, -0.2) is 23.4 Å². The molecular weight excluding hydrogens is 699 g/mol. The van der Waals surface area contributed by atoms with E-state index < -0.39 is 34.7 Å². The van der Waals surface area contributed by atoms with Crippen LogP contribution in [0.15, 0.2) is 40.8 Å². The van der Waals surface area contributed by atoms with Crippen molar-refractivity contribution in [1.82, 2.24) is 4.98 Å². The van der Waals surface area contributed by atoms with E-state index in [-0.39, 0.29) is 34.0 Å². The lowest BCUT2D eigenvalue weighted by molar-refractivity contribution is -0.117. The fourth-order valence-corrected chi connectivity index (χ4v) is 6.91. The van der Waals surface area contributed by atoms with Crippen molar-refractivity contribution in [3.8, 4) is 11.1 Å². The average Bonchev–Trinajstić information content (AvgIpc) is 3.53. The van der Waals surface area contributed by atoms with Gasteiger partial charge >= 0.3 is 12.2 Å². The van der Waals surface area contributed by atoms with Crippen LogP contribution in [0.3, 0.4) is 0 Å². The molecule has 3 amide bonds. The average molecular weight is 732 g/mol. The Morgan fingerprint density at radius 3 is 2.27 bits per heavy atom. The van der Waals surface area contributed by atoms with Gasteiger partial charge in [-0.05, 0) is 70.5 Å². The first-order valence-corrected chi connectivity index (χ1v) is 15.3. The third-order valence-electron chi connectivity index (χ3n) is 7.66. The minimum atomic E-state index is -1.71. The number of halogens is 3. The van der Waals surface area contributed by atoms with Crippen molar-refractivity contribution in [2.45, 2.75) is 65.2 Å². The lowest BCUT2D eigenvalue weighted by Crippen LogP contribution is -2.36. The predicted octanol–water partition coefficient (Wildman–Crippen LogP) is 8.27. The van der Waals surface area contributed by atoms with Gasteiger partial charge in [0.15, 0.2) is 11.4 Å². The minimum Gasteiger partial charge on any atom is -0.464 e. The number of hydrogen-bond acceptors (Lipinski definition) is 5. The van der Waals surface area contributed by atoms with Gasteiger partial charge in [0.1, 0.15) is 17.4 Å². The van der Waals surface area contributed by atoms with Gasteiger partial charge < -0.3 is 19.5 Å². The molecule has 2 aromatic carbocycles. The molecule has 3 heterocycles. The van der Waals surface area contributed by atoms with Crippen LogP contribution >= 0.6 is 22.6 Å². The van der Waals surface area contributed by atoms with E-state index >= 15 is 0 Å². The number of carbonyl (C=O) groups is 3. The molecular formula is C33H32F2IN3O6. The van der Waals surface area contributed by atoms with Crippen molar-refractivity contribution in [3.05, 3.63) is 74.2 Å². The molecule has 236 valence electrons. The molecule has 2 N–H and O–H groups in total. The number of hydrogen-bond donors (Lipinski definition) is 2. The molecule has 0 saturated heterocycles. The molecule has 12 heteroatoms. The molecule has 1 aliphatic rings. The van der Waals surface area contributed by atoms with Gasteiger partial charge in [0, 0.05) is 34.2 Å². The number of carboxylic acid groups (broad SMARTS) is 2. The molecule has 0 spiro atoms. The molecule has 0 saturated carbocycles. The summed E-state index contributed by atoms with van der Waals surface area (Å²) >= 11 is 2.10. The highest BCUT2D eigenvalue weighted by Crippen LogP contribution is 2.48. The third-order valence-corrected chi connectivity index (χ3v) is 8.66. The highest BCUT2D eigenvalue weighted by molar-refractivity contribution is 14.1. The second-order valence-electron chi connectivity index (χ2n) is 13.1. The van der Waals surface area contributed by atoms with Gasteiger partial charge in [-0.2, -0.15) is 4.90 Å². The summed E-state index contributed by atoms with van der Waals surface area (Å²) in [4.78, 5) is 44.2. The Balaban J connectivity index is 1.71. The summed E-state index contributed by atoms with van der Waals surface area (Å²) in [6, 6.07) is 8.38. The summed E-state index contributed by atoms with van der Waals surface area (Å²) in [5.41, 5.74) is 2.16. The number of aromatic nitrogens is 1. The first-order chi connectivity index (χ1) is 20.9. The number of pyridine rings is 1. The number of carbonyl (C=O) groups excluding carboxylic acids is 1. The van der Waals surface area contributed by atoms with Crippen molar-refractivity contribution >= 4 is 63.2 Å². The number of imide groups is 1. The van der Waals surface area contributed by atoms with E-state index in [0.29, 0.717) is 50.4 Å². The van der Waals surface area contributed by atoms with Gasteiger partial charge in [0.2, 0.25) is 5.91 Å². The summed E-state index contributed by atoms with van der Waals surface area (Å²) in [5.74, 6) is -1.45. The lowest BCUT2D eigenvalue weighted by Gasteiger charge is -2.23. The van der Waals surface area contributed by atoms with Crippen molar-refractivity contribution in [2.75, 3.05) is 16.3 Å². The van der Waals surface area contributed by atoms with Crippen LogP contribution < -0.4 is 9.80 Å². The third kappa shape index (κ3) is 5.87. The maximum absolute atomic E-state index is 14.3. The summed E-state index contributed by atoms with van der Waals surface area (Å²) < 4.78 is 35.1. The number of rotatable bonds is 4.